The van der Waals surface area contributed by atoms with Crippen LogP contribution in [0, 0.1) is 5.92 Å². The third-order valence-corrected chi connectivity index (χ3v) is 5.11. The van der Waals surface area contributed by atoms with Crippen LogP contribution in [0.3, 0.4) is 0 Å². The number of rotatable bonds is 6. The Morgan fingerprint density at radius 1 is 1.08 bits per heavy atom. The van der Waals surface area contributed by atoms with Crippen molar-refractivity contribution in [2.45, 2.75) is 24.8 Å². The maximum Gasteiger partial charge on any atom is 0.305 e. The van der Waals surface area contributed by atoms with Gasteiger partial charge in [-0.3, -0.25) is 20.4 Å². The number of hydrogen-bond acceptors (Lipinski definition) is 5. The highest BCUT2D eigenvalue weighted by molar-refractivity contribution is 7.89. The molecule has 0 saturated heterocycles. The number of furan rings is 1. The SMILES string of the molecule is CC(C)[C@H](NS(=O)(=O)c1ccc(Cl)cc1)C(=O)NNC(=O)c1ccco1. The summed E-state index contributed by atoms with van der Waals surface area (Å²) in [4.78, 5) is 24.1. The fraction of sp³-hybridized carbons (Fsp3) is 0.250. The van der Waals surface area contributed by atoms with Crippen LogP contribution >= 0.6 is 11.6 Å². The second-order valence-corrected chi connectivity index (χ2v) is 7.87. The van der Waals surface area contributed by atoms with Gasteiger partial charge in [0.2, 0.25) is 10.0 Å². The molecule has 1 aromatic carbocycles. The molecule has 2 rings (SSSR count). The minimum Gasteiger partial charge on any atom is -0.459 e. The molecule has 1 atom stereocenters. The number of carbonyl (C=O) groups is 2. The molecular formula is C16H18ClN3O5S. The smallest absolute Gasteiger partial charge is 0.305 e. The van der Waals surface area contributed by atoms with E-state index in [0.29, 0.717) is 5.02 Å². The Bertz CT molecular complexity index is 864. The molecule has 26 heavy (non-hydrogen) atoms. The van der Waals surface area contributed by atoms with E-state index >= 15 is 0 Å². The van der Waals surface area contributed by atoms with Gasteiger partial charge in [-0.1, -0.05) is 25.4 Å². The third-order valence-electron chi connectivity index (χ3n) is 3.40. The Labute approximate surface area is 155 Å². The van der Waals surface area contributed by atoms with Gasteiger partial charge in [-0.2, -0.15) is 4.72 Å². The number of halogens is 1. The van der Waals surface area contributed by atoms with Crippen LogP contribution in [0.4, 0.5) is 0 Å². The van der Waals surface area contributed by atoms with E-state index < -0.39 is 27.9 Å². The molecule has 3 N–H and O–H groups in total. The zero-order valence-corrected chi connectivity index (χ0v) is 15.6. The van der Waals surface area contributed by atoms with E-state index in [-0.39, 0.29) is 16.6 Å². The number of hydrazine groups is 1. The topological polar surface area (TPSA) is 118 Å². The summed E-state index contributed by atoms with van der Waals surface area (Å²) in [7, 11) is -3.95. The number of sulfonamides is 1. The van der Waals surface area contributed by atoms with Crippen molar-refractivity contribution in [3.8, 4) is 0 Å². The summed E-state index contributed by atoms with van der Waals surface area (Å²) in [6.07, 6.45) is 1.31. The predicted molar refractivity (Wildman–Crippen MR) is 94.7 cm³/mol. The molecule has 0 bridgehead atoms. The zero-order chi connectivity index (χ0) is 19.3. The largest absolute Gasteiger partial charge is 0.459 e. The Kier molecular flexibility index (Phi) is 6.41. The number of nitrogens with one attached hydrogen (secondary N) is 3. The van der Waals surface area contributed by atoms with Gasteiger partial charge >= 0.3 is 5.91 Å². The van der Waals surface area contributed by atoms with Crippen LogP contribution in [-0.4, -0.2) is 26.3 Å². The van der Waals surface area contributed by atoms with Crippen molar-refractivity contribution < 1.29 is 22.4 Å². The molecule has 0 aliphatic rings. The molecular weight excluding hydrogens is 382 g/mol. The molecule has 10 heteroatoms. The second kappa shape index (κ2) is 8.35. The standard InChI is InChI=1S/C16H18ClN3O5S/c1-10(2)14(16(22)19-18-15(21)13-4-3-9-25-13)20-26(23,24)12-7-5-11(17)6-8-12/h3-10,14,20H,1-2H3,(H,18,21)(H,19,22)/t14-/m0/s1. The van der Waals surface area contributed by atoms with Gasteiger partial charge in [0.15, 0.2) is 5.76 Å². The van der Waals surface area contributed by atoms with E-state index in [0.717, 1.165) is 0 Å². The van der Waals surface area contributed by atoms with Gasteiger partial charge in [-0.05, 0) is 42.3 Å². The Hall–Kier alpha value is -2.36. The molecule has 0 aliphatic heterocycles. The monoisotopic (exact) mass is 399 g/mol. The average Bonchev–Trinajstić information content (AvgIpc) is 3.12. The summed E-state index contributed by atoms with van der Waals surface area (Å²) >= 11 is 5.75. The van der Waals surface area contributed by atoms with Gasteiger partial charge in [0, 0.05) is 5.02 Å². The lowest BCUT2D eigenvalue weighted by Crippen LogP contribution is -2.54. The van der Waals surface area contributed by atoms with E-state index in [1.807, 2.05) is 0 Å². The number of amides is 2. The lowest BCUT2D eigenvalue weighted by atomic mass is 10.1. The van der Waals surface area contributed by atoms with Crippen LogP contribution < -0.4 is 15.6 Å². The molecule has 0 saturated carbocycles. The van der Waals surface area contributed by atoms with Crippen LogP contribution in [0.15, 0.2) is 52.0 Å². The fourth-order valence-corrected chi connectivity index (χ4v) is 3.48. The summed E-state index contributed by atoms with van der Waals surface area (Å²) in [6.45, 7) is 3.34. The summed E-state index contributed by atoms with van der Waals surface area (Å²) in [6, 6.07) is 7.37. The number of carbonyl (C=O) groups excluding carboxylic acids is 2. The van der Waals surface area contributed by atoms with E-state index in [9.17, 15) is 18.0 Å². The van der Waals surface area contributed by atoms with Gasteiger partial charge in [0.25, 0.3) is 5.91 Å². The fourth-order valence-electron chi connectivity index (χ4n) is 2.01. The van der Waals surface area contributed by atoms with Crippen molar-refractivity contribution in [1.82, 2.24) is 15.6 Å². The van der Waals surface area contributed by atoms with Crippen molar-refractivity contribution in [2.24, 2.45) is 5.92 Å². The molecule has 8 nitrogen and oxygen atoms in total. The molecule has 2 aromatic rings. The maximum absolute atomic E-state index is 12.5. The summed E-state index contributed by atoms with van der Waals surface area (Å²) in [5, 5.41) is 0.391. The normalized spacial score (nSPS) is 12.6. The Morgan fingerprint density at radius 3 is 2.27 bits per heavy atom. The van der Waals surface area contributed by atoms with Crippen molar-refractivity contribution >= 4 is 33.4 Å². The molecule has 1 heterocycles. The van der Waals surface area contributed by atoms with E-state index in [4.69, 9.17) is 16.0 Å². The summed E-state index contributed by atoms with van der Waals surface area (Å²) in [5.74, 6) is -1.74. The van der Waals surface area contributed by atoms with Gasteiger partial charge in [-0.15, -0.1) is 0 Å². The number of hydrogen-bond donors (Lipinski definition) is 3. The van der Waals surface area contributed by atoms with Gasteiger partial charge in [0.05, 0.1) is 11.2 Å². The average molecular weight is 400 g/mol. The zero-order valence-electron chi connectivity index (χ0n) is 14.0. The van der Waals surface area contributed by atoms with Crippen molar-refractivity contribution in [3.05, 3.63) is 53.4 Å². The predicted octanol–water partition coefficient (Wildman–Crippen LogP) is 1.70. The van der Waals surface area contributed by atoms with Gasteiger partial charge < -0.3 is 4.42 Å². The van der Waals surface area contributed by atoms with Gasteiger partial charge in [0.1, 0.15) is 6.04 Å². The summed E-state index contributed by atoms with van der Waals surface area (Å²) < 4.78 is 32.1. The van der Waals surface area contributed by atoms with Crippen molar-refractivity contribution in [2.75, 3.05) is 0 Å². The van der Waals surface area contributed by atoms with Crippen LogP contribution in [0.25, 0.3) is 0 Å². The van der Waals surface area contributed by atoms with Gasteiger partial charge in [-0.25, -0.2) is 8.42 Å². The van der Waals surface area contributed by atoms with E-state index in [1.165, 1.54) is 42.7 Å². The summed E-state index contributed by atoms with van der Waals surface area (Å²) in [5.41, 5.74) is 4.36. The maximum atomic E-state index is 12.5. The Morgan fingerprint density at radius 2 is 1.73 bits per heavy atom. The van der Waals surface area contributed by atoms with Crippen LogP contribution in [0.5, 0.6) is 0 Å². The van der Waals surface area contributed by atoms with Crippen LogP contribution in [0.2, 0.25) is 5.02 Å². The molecule has 1 aromatic heterocycles. The highest BCUT2D eigenvalue weighted by atomic mass is 35.5. The minimum absolute atomic E-state index is 0.00754. The highest BCUT2D eigenvalue weighted by Gasteiger charge is 2.28. The Balaban J connectivity index is 2.06. The molecule has 2 amide bonds. The second-order valence-electron chi connectivity index (χ2n) is 5.72. The molecule has 0 fully saturated rings. The third kappa shape index (κ3) is 5.07. The first kappa shape index (κ1) is 20.0. The molecule has 0 aliphatic carbocycles. The molecule has 0 unspecified atom stereocenters. The van der Waals surface area contributed by atoms with Crippen molar-refractivity contribution in [1.29, 1.82) is 0 Å². The number of benzene rings is 1. The lowest BCUT2D eigenvalue weighted by Gasteiger charge is -2.21. The lowest BCUT2D eigenvalue weighted by molar-refractivity contribution is -0.124. The highest BCUT2D eigenvalue weighted by Crippen LogP contribution is 2.15. The molecule has 0 radical (unpaired) electrons. The minimum atomic E-state index is -3.95. The van der Waals surface area contributed by atoms with E-state index in [1.54, 1.807) is 13.8 Å². The first-order valence-corrected chi connectivity index (χ1v) is 9.48. The van der Waals surface area contributed by atoms with Crippen LogP contribution in [0.1, 0.15) is 24.4 Å². The molecule has 140 valence electrons. The molecule has 0 spiro atoms. The van der Waals surface area contributed by atoms with Crippen molar-refractivity contribution in [3.63, 3.8) is 0 Å². The van der Waals surface area contributed by atoms with Crippen LogP contribution in [-0.2, 0) is 14.8 Å². The quantitative estimate of drug-likeness (QED) is 0.639. The first-order chi connectivity index (χ1) is 12.2. The van der Waals surface area contributed by atoms with E-state index in [2.05, 4.69) is 15.6 Å². The first-order valence-electron chi connectivity index (χ1n) is 7.62.